The van der Waals surface area contributed by atoms with Gasteiger partial charge in [0.05, 0.1) is 4.92 Å². The first-order chi connectivity index (χ1) is 8.45. The predicted octanol–water partition coefficient (Wildman–Crippen LogP) is 4.06. The Kier molecular flexibility index (Phi) is 5.13. The van der Waals surface area contributed by atoms with E-state index in [2.05, 4.69) is 19.2 Å². The lowest BCUT2D eigenvalue weighted by Crippen LogP contribution is -2.12. The Morgan fingerprint density at radius 3 is 2.56 bits per heavy atom. The van der Waals surface area contributed by atoms with Crippen LogP contribution in [-0.2, 0) is 0 Å². The molecule has 4 nitrogen and oxygen atoms in total. The van der Waals surface area contributed by atoms with E-state index in [0.29, 0.717) is 11.5 Å². The Hall–Kier alpha value is -1.58. The maximum Gasteiger partial charge on any atom is 0.272 e. The van der Waals surface area contributed by atoms with E-state index in [0.717, 1.165) is 17.8 Å². The van der Waals surface area contributed by atoms with Gasteiger partial charge in [0, 0.05) is 23.9 Å². The summed E-state index contributed by atoms with van der Waals surface area (Å²) in [7, 11) is 0. The molecule has 100 valence electrons. The molecular weight excluding hydrogens is 228 g/mol. The highest BCUT2D eigenvalue weighted by molar-refractivity contribution is 5.59. The van der Waals surface area contributed by atoms with Gasteiger partial charge in [0.15, 0.2) is 0 Å². The summed E-state index contributed by atoms with van der Waals surface area (Å²) in [6.45, 7) is 8.98. The highest BCUT2D eigenvalue weighted by Gasteiger charge is 2.13. The van der Waals surface area contributed by atoms with Crippen LogP contribution in [0.2, 0.25) is 0 Å². The molecule has 0 heterocycles. The number of nitro groups is 1. The number of nitrogens with one attached hydrogen (secondary N) is 1. The van der Waals surface area contributed by atoms with E-state index < -0.39 is 0 Å². The lowest BCUT2D eigenvalue weighted by atomic mass is 10.0. The van der Waals surface area contributed by atoms with Crippen molar-refractivity contribution in [2.45, 2.75) is 40.5 Å². The second-order valence-corrected chi connectivity index (χ2v) is 4.99. The number of nitrogens with zero attached hydrogens (tertiary/aromatic N) is 1. The molecule has 1 unspecified atom stereocenters. The number of nitro benzene ring substituents is 1. The molecule has 1 N–H and O–H groups in total. The van der Waals surface area contributed by atoms with Gasteiger partial charge in [-0.15, -0.1) is 0 Å². The number of benzene rings is 1. The Bertz CT molecular complexity index is 430. The molecule has 0 aromatic heterocycles. The maximum absolute atomic E-state index is 10.8. The zero-order valence-corrected chi connectivity index (χ0v) is 11.6. The van der Waals surface area contributed by atoms with Crippen LogP contribution in [0.5, 0.6) is 0 Å². The molecule has 0 aliphatic heterocycles. The average molecular weight is 250 g/mol. The molecule has 0 aliphatic rings. The molecule has 0 bridgehead atoms. The summed E-state index contributed by atoms with van der Waals surface area (Å²) in [4.78, 5) is 10.5. The Balaban J connectivity index is 2.79. The van der Waals surface area contributed by atoms with Crippen LogP contribution in [0.3, 0.4) is 0 Å². The number of anilines is 1. The smallest absolute Gasteiger partial charge is 0.272 e. The minimum absolute atomic E-state index is 0.194. The summed E-state index contributed by atoms with van der Waals surface area (Å²) in [5.74, 6) is 0.616. The van der Waals surface area contributed by atoms with E-state index in [9.17, 15) is 10.1 Å². The highest BCUT2D eigenvalue weighted by atomic mass is 16.6. The largest absolute Gasteiger partial charge is 0.385 e. The fourth-order valence-corrected chi connectivity index (χ4v) is 2.07. The standard InChI is InChI=1S/C14H22N2O2/c1-5-6-10(2)9-15-13-7-12(4)14(16(17)18)8-11(13)3/h7-8,10,15H,5-6,9H2,1-4H3. The molecule has 1 atom stereocenters. The van der Waals surface area contributed by atoms with Gasteiger partial charge in [-0.2, -0.15) is 0 Å². The summed E-state index contributed by atoms with van der Waals surface area (Å²) >= 11 is 0. The van der Waals surface area contributed by atoms with Crippen LogP contribution in [0.4, 0.5) is 11.4 Å². The first-order valence-corrected chi connectivity index (χ1v) is 6.45. The monoisotopic (exact) mass is 250 g/mol. The quantitative estimate of drug-likeness (QED) is 0.612. The van der Waals surface area contributed by atoms with E-state index >= 15 is 0 Å². The minimum Gasteiger partial charge on any atom is -0.385 e. The van der Waals surface area contributed by atoms with E-state index in [1.165, 1.54) is 12.8 Å². The molecule has 0 saturated carbocycles. The van der Waals surface area contributed by atoms with Crippen LogP contribution in [0, 0.1) is 29.9 Å². The van der Waals surface area contributed by atoms with Crippen LogP contribution in [0.15, 0.2) is 12.1 Å². The van der Waals surface area contributed by atoms with Crippen molar-refractivity contribution in [2.24, 2.45) is 5.92 Å². The van der Waals surface area contributed by atoms with Crippen molar-refractivity contribution in [3.63, 3.8) is 0 Å². The molecule has 4 heteroatoms. The molecule has 0 radical (unpaired) electrons. The third-order valence-corrected chi connectivity index (χ3v) is 3.16. The van der Waals surface area contributed by atoms with Gasteiger partial charge in [-0.1, -0.05) is 20.3 Å². The van der Waals surface area contributed by atoms with Crippen molar-refractivity contribution in [2.75, 3.05) is 11.9 Å². The fraction of sp³-hybridized carbons (Fsp3) is 0.571. The van der Waals surface area contributed by atoms with Crippen LogP contribution in [0.25, 0.3) is 0 Å². The van der Waals surface area contributed by atoms with Gasteiger partial charge in [-0.05, 0) is 37.8 Å². The predicted molar refractivity (Wildman–Crippen MR) is 75.1 cm³/mol. The van der Waals surface area contributed by atoms with Crippen molar-refractivity contribution in [1.82, 2.24) is 0 Å². The van der Waals surface area contributed by atoms with Crippen LogP contribution in [0.1, 0.15) is 37.8 Å². The van der Waals surface area contributed by atoms with Gasteiger partial charge in [0.25, 0.3) is 5.69 Å². The zero-order valence-electron chi connectivity index (χ0n) is 11.6. The lowest BCUT2D eigenvalue weighted by molar-refractivity contribution is -0.385. The van der Waals surface area contributed by atoms with Crippen LogP contribution >= 0.6 is 0 Å². The van der Waals surface area contributed by atoms with Gasteiger partial charge in [0.2, 0.25) is 0 Å². The first kappa shape index (κ1) is 14.5. The summed E-state index contributed by atoms with van der Waals surface area (Å²) in [6, 6.07) is 3.51. The van der Waals surface area contributed by atoms with Crippen molar-refractivity contribution < 1.29 is 4.92 Å². The third-order valence-electron chi connectivity index (χ3n) is 3.16. The molecule has 1 aromatic carbocycles. The number of hydrogen-bond donors (Lipinski definition) is 1. The number of hydrogen-bond acceptors (Lipinski definition) is 3. The minimum atomic E-state index is -0.328. The van der Waals surface area contributed by atoms with E-state index in [-0.39, 0.29) is 10.6 Å². The number of aryl methyl sites for hydroxylation is 2. The van der Waals surface area contributed by atoms with Gasteiger partial charge >= 0.3 is 0 Å². The third kappa shape index (κ3) is 3.72. The summed E-state index contributed by atoms with van der Waals surface area (Å²) < 4.78 is 0. The molecule has 0 aliphatic carbocycles. The van der Waals surface area contributed by atoms with E-state index in [1.54, 1.807) is 13.0 Å². The van der Waals surface area contributed by atoms with E-state index in [4.69, 9.17) is 0 Å². The van der Waals surface area contributed by atoms with Gasteiger partial charge < -0.3 is 5.32 Å². The summed E-state index contributed by atoms with van der Waals surface area (Å²) in [5.41, 5.74) is 2.83. The molecule has 18 heavy (non-hydrogen) atoms. The molecule has 0 amide bonds. The summed E-state index contributed by atoms with van der Waals surface area (Å²) in [5, 5.41) is 14.2. The Labute approximate surface area is 109 Å². The fourth-order valence-electron chi connectivity index (χ4n) is 2.07. The topological polar surface area (TPSA) is 55.2 Å². The average Bonchev–Trinajstić information content (AvgIpc) is 2.29. The van der Waals surface area contributed by atoms with Crippen molar-refractivity contribution in [3.05, 3.63) is 33.4 Å². The van der Waals surface area contributed by atoms with Crippen LogP contribution < -0.4 is 5.32 Å². The second-order valence-electron chi connectivity index (χ2n) is 4.99. The van der Waals surface area contributed by atoms with Crippen LogP contribution in [-0.4, -0.2) is 11.5 Å². The molecule has 0 fully saturated rings. The van der Waals surface area contributed by atoms with E-state index in [1.807, 2.05) is 13.0 Å². The van der Waals surface area contributed by atoms with Gasteiger partial charge in [-0.25, -0.2) is 0 Å². The van der Waals surface area contributed by atoms with Crippen molar-refractivity contribution >= 4 is 11.4 Å². The van der Waals surface area contributed by atoms with Crippen molar-refractivity contribution in [1.29, 1.82) is 0 Å². The second kappa shape index (κ2) is 6.38. The SMILES string of the molecule is CCCC(C)CNc1cc(C)c([N+](=O)[O-])cc1C. The number of rotatable bonds is 6. The normalized spacial score (nSPS) is 12.2. The first-order valence-electron chi connectivity index (χ1n) is 6.45. The lowest BCUT2D eigenvalue weighted by Gasteiger charge is -2.15. The van der Waals surface area contributed by atoms with Gasteiger partial charge in [-0.3, -0.25) is 10.1 Å². The zero-order chi connectivity index (χ0) is 13.7. The Morgan fingerprint density at radius 1 is 1.33 bits per heavy atom. The molecule has 1 aromatic rings. The highest BCUT2D eigenvalue weighted by Crippen LogP contribution is 2.26. The van der Waals surface area contributed by atoms with Crippen molar-refractivity contribution in [3.8, 4) is 0 Å². The van der Waals surface area contributed by atoms with Gasteiger partial charge in [0.1, 0.15) is 0 Å². The summed E-state index contributed by atoms with van der Waals surface area (Å²) in [6.07, 6.45) is 2.37. The molecular formula is C14H22N2O2. The molecule has 0 saturated heterocycles. The molecule has 1 rings (SSSR count). The molecule has 0 spiro atoms. The Morgan fingerprint density at radius 2 is 2.00 bits per heavy atom. The maximum atomic E-state index is 10.8.